The van der Waals surface area contributed by atoms with Crippen LogP contribution in [0.1, 0.15) is 86.3 Å². The van der Waals surface area contributed by atoms with E-state index in [1.807, 2.05) is 13.0 Å². The minimum absolute atomic E-state index is 0.0152. The van der Waals surface area contributed by atoms with Crippen LogP contribution in [0.2, 0.25) is 0 Å². The van der Waals surface area contributed by atoms with Gasteiger partial charge in [-0.15, -0.1) is 11.3 Å². The SMILES string of the molecule is CCc1cc2c(cc1O)CCC1C2CC[C@]2(C)C(=O)CC(CCCC(=O)Nc3ncc(C)s3)C12. The van der Waals surface area contributed by atoms with Crippen molar-refractivity contribution in [3.8, 4) is 5.75 Å². The summed E-state index contributed by atoms with van der Waals surface area (Å²) in [5.41, 5.74) is 3.54. The third-order valence-electron chi connectivity index (χ3n) is 9.00. The number of hydrogen-bond donors (Lipinski definition) is 2. The van der Waals surface area contributed by atoms with Crippen LogP contribution in [0.4, 0.5) is 5.13 Å². The summed E-state index contributed by atoms with van der Waals surface area (Å²) in [4.78, 5) is 31.0. The maximum absolute atomic E-state index is 13.2. The third kappa shape index (κ3) is 4.08. The van der Waals surface area contributed by atoms with E-state index in [0.29, 0.717) is 53.2 Å². The standard InChI is InChI=1S/C28H36N2O3S/c1-4-17-12-22-18(13-23(17)31)8-9-21-20(22)10-11-28(3)24(32)14-19(26(21)28)6-5-7-25(33)30-27-29-15-16(2)34-27/h12-13,15,19-21,26,31H,4-11,14H2,1-3H3,(H,29,30,33)/t19?,20?,21?,26?,28-/m1/s1. The highest BCUT2D eigenvalue weighted by molar-refractivity contribution is 7.15. The average Bonchev–Trinajstić information content (AvgIpc) is 3.32. The number of benzene rings is 1. The molecule has 5 rings (SSSR count). The van der Waals surface area contributed by atoms with E-state index in [2.05, 4.69) is 30.2 Å². The molecule has 0 aliphatic heterocycles. The van der Waals surface area contributed by atoms with Crippen molar-refractivity contribution in [1.82, 2.24) is 4.98 Å². The molecule has 2 aromatic rings. The molecule has 0 spiro atoms. The van der Waals surface area contributed by atoms with Crippen LogP contribution in [0.5, 0.6) is 5.75 Å². The van der Waals surface area contributed by atoms with Gasteiger partial charge in [0.15, 0.2) is 5.13 Å². The molecule has 0 radical (unpaired) electrons. The van der Waals surface area contributed by atoms with E-state index in [1.54, 1.807) is 6.20 Å². The summed E-state index contributed by atoms with van der Waals surface area (Å²) in [6.07, 6.45) is 9.59. The number of aryl methyl sites for hydroxylation is 3. The first-order valence-corrected chi connectivity index (χ1v) is 13.7. The number of carbonyl (C=O) groups is 2. The Morgan fingerprint density at radius 3 is 2.88 bits per heavy atom. The van der Waals surface area contributed by atoms with Gasteiger partial charge in [0.05, 0.1) is 0 Å². The summed E-state index contributed by atoms with van der Waals surface area (Å²) in [6.45, 7) is 6.29. The molecule has 4 unspecified atom stereocenters. The highest BCUT2D eigenvalue weighted by atomic mass is 32.1. The van der Waals surface area contributed by atoms with Gasteiger partial charge in [0.2, 0.25) is 5.91 Å². The second kappa shape index (κ2) is 9.10. The molecule has 1 heterocycles. The van der Waals surface area contributed by atoms with Crippen molar-refractivity contribution >= 4 is 28.2 Å². The van der Waals surface area contributed by atoms with Gasteiger partial charge in [-0.1, -0.05) is 19.9 Å². The molecule has 0 saturated heterocycles. The normalized spacial score (nSPS) is 29.9. The van der Waals surface area contributed by atoms with E-state index in [-0.39, 0.29) is 11.3 Å². The molecular formula is C28H36N2O3S. The Kier molecular flexibility index (Phi) is 6.30. The molecule has 6 heteroatoms. The van der Waals surface area contributed by atoms with E-state index in [9.17, 15) is 14.7 Å². The fourth-order valence-electron chi connectivity index (χ4n) is 7.38. The van der Waals surface area contributed by atoms with Crippen molar-refractivity contribution in [2.45, 2.75) is 84.5 Å². The van der Waals surface area contributed by atoms with E-state index in [0.717, 1.165) is 55.4 Å². The number of aromatic nitrogens is 1. The van der Waals surface area contributed by atoms with Gasteiger partial charge in [0.25, 0.3) is 0 Å². The summed E-state index contributed by atoms with van der Waals surface area (Å²) < 4.78 is 0. The number of amides is 1. The van der Waals surface area contributed by atoms with Crippen molar-refractivity contribution in [1.29, 1.82) is 0 Å². The van der Waals surface area contributed by atoms with Gasteiger partial charge in [0.1, 0.15) is 11.5 Å². The Bertz CT molecular complexity index is 1110. The lowest BCUT2D eigenvalue weighted by Crippen LogP contribution is -2.44. The number of ketones is 1. The molecule has 2 fully saturated rings. The number of anilines is 1. The van der Waals surface area contributed by atoms with Crippen LogP contribution >= 0.6 is 11.3 Å². The number of carbonyl (C=O) groups excluding carboxylic acids is 2. The van der Waals surface area contributed by atoms with E-state index in [4.69, 9.17) is 0 Å². The molecule has 182 valence electrons. The van der Waals surface area contributed by atoms with Crippen molar-refractivity contribution in [2.24, 2.45) is 23.2 Å². The van der Waals surface area contributed by atoms with Crippen LogP contribution in [0, 0.1) is 30.1 Å². The number of nitrogens with zero attached hydrogens (tertiary/aromatic N) is 1. The second-order valence-corrected chi connectivity index (χ2v) is 12.2. The highest BCUT2D eigenvalue weighted by Crippen LogP contribution is 2.62. The Hall–Kier alpha value is -2.21. The molecule has 34 heavy (non-hydrogen) atoms. The minimum Gasteiger partial charge on any atom is -0.508 e. The monoisotopic (exact) mass is 480 g/mol. The van der Waals surface area contributed by atoms with Crippen LogP contribution in [-0.4, -0.2) is 21.8 Å². The lowest BCUT2D eigenvalue weighted by atomic mass is 9.54. The lowest BCUT2D eigenvalue weighted by molar-refractivity contribution is -0.129. The molecule has 1 aromatic carbocycles. The number of phenols is 1. The molecule has 0 bridgehead atoms. The summed E-state index contributed by atoms with van der Waals surface area (Å²) in [7, 11) is 0. The Morgan fingerprint density at radius 1 is 1.32 bits per heavy atom. The van der Waals surface area contributed by atoms with Crippen LogP contribution in [0.25, 0.3) is 0 Å². The minimum atomic E-state index is -0.214. The molecule has 2 saturated carbocycles. The molecule has 3 aliphatic rings. The molecule has 1 amide bonds. The maximum atomic E-state index is 13.2. The van der Waals surface area contributed by atoms with Crippen molar-refractivity contribution in [3.63, 3.8) is 0 Å². The number of thiazole rings is 1. The smallest absolute Gasteiger partial charge is 0.226 e. The quantitative estimate of drug-likeness (QED) is 0.517. The van der Waals surface area contributed by atoms with Gasteiger partial charge in [-0.3, -0.25) is 9.59 Å². The van der Waals surface area contributed by atoms with Gasteiger partial charge in [0, 0.05) is 29.3 Å². The Labute approximate surface area is 206 Å². The molecule has 3 aliphatic carbocycles. The Balaban J connectivity index is 1.30. The van der Waals surface area contributed by atoms with Gasteiger partial charge in [-0.05, 0) is 98.3 Å². The van der Waals surface area contributed by atoms with Gasteiger partial charge >= 0.3 is 0 Å². The van der Waals surface area contributed by atoms with Crippen molar-refractivity contribution < 1.29 is 14.7 Å². The summed E-state index contributed by atoms with van der Waals surface area (Å²) in [6, 6.07) is 4.25. The Morgan fingerprint density at radius 2 is 2.15 bits per heavy atom. The summed E-state index contributed by atoms with van der Waals surface area (Å²) in [5, 5.41) is 14.0. The lowest BCUT2D eigenvalue weighted by Gasteiger charge is -2.50. The summed E-state index contributed by atoms with van der Waals surface area (Å²) >= 11 is 1.50. The molecule has 1 aromatic heterocycles. The van der Waals surface area contributed by atoms with Gasteiger partial charge in [-0.25, -0.2) is 4.98 Å². The van der Waals surface area contributed by atoms with E-state index in [1.165, 1.54) is 22.5 Å². The zero-order chi connectivity index (χ0) is 24.0. The highest BCUT2D eigenvalue weighted by Gasteiger charge is 2.58. The largest absolute Gasteiger partial charge is 0.508 e. The van der Waals surface area contributed by atoms with E-state index >= 15 is 0 Å². The first kappa shape index (κ1) is 23.5. The van der Waals surface area contributed by atoms with Crippen LogP contribution in [-0.2, 0) is 22.4 Å². The first-order chi connectivity index (χ1) is 16.3. The predicted octanol–water partition coefficient (Wildman–Crippen LogP) is 6.18. The maximum Gasteiger partial charge on any atom is 0.226 e. The van der Waals surface area contributed by atoms with Crippen LogP contribution in [0.3, 0.4) is 0 Å². The number of aromatic hydroxyl groups is 1. The van der Waals surface area contributed by atoms with E-state index < -0.39 is 0 Å². The number of fused-ring (bicyclic) bond motifs is 5. The molecule has 5 nitrogen and oxygen atoms in total. The number of nitrogens with one attached hydrogen (secondary N) is 1. The molecule has 5 atom stereocenters. The number of phenolic OH excluding ortho intramolecular Hbond substituents is 1. The van der Waals surface area contributed by atoms with Gasteiger partial charge in [-0.2, -0.15) is 0 Å². The molecule has 2 N–H and O–H groups in total. The van der Waals surface area contributed by atoms with Crippen LogP contribution in [0.15, 0.2) is 18.3 Å². The third-order valence-corrected chi connectivity index (χ3v) is 9.82. The van der Waals surface area contributed by atoms with Crippen molar-refractivity contribution in [3.05, 3.63) is 39.9 Å². The summed E-state index contributed by atoms with van der Waals surface area (Å²) in [5.74, 6) is 2.65. The van der Waals surface area contributed by atoms with Crippen LogP contribution < -0.4 is 5.32 Å². The first-order valence-electron chi connectivity index (χ1n) is 12.9. The fourth-order valence-corrected chi connectivity index (χ4v) is 8.06. The number of hydrogen-bond acceptors (Lipinski definition) is 5. The molecular weight excluding hydrogens is 444 g/mol. The van der Waals surface area contributed by atoms with Crippen molar-refractivity contribution in [2.75, 3.05) is 5.32 Å². The van der Waals surface area contributed by atoms with Gasteiger partial charge < -0.3 is 10.4 Å². The average molecular weight is 481 g/mol. The number of rotatable bonds is 6. The fraction of sp³-hybridized carbons (Fsp3) is 0.607. The predicted molar refractivity (Wildman–Crippen MR) is 135 cm³/mol. The zero-order valence-corrected chi connectivity index (χ0v) is 21.3. The zero-order valence-electron chi connectivity index (χ0n) is 20.5. The second-order valence-electron chi connectivity index (χ2n) is 10.9. The number of Topliss-reactive ketones (excluding diaryl/α,β-unsaturated/α-hetero) is 1. The topological polar surface area (TPSA) is 79.3 Å².